The number of carbonyl (C=O) groups is 1. The fourth-order valence-corrected chi connectivity index (χ4v) is 5.80. The molecule has 0 saturated heterocycles. The maximum atomic E-state index is 13.2. The van der Waals surface area contributed by atoms with Crippen LogP contribution in [0.5, 0.6) is 5.75 Å². The summed E-state index contributed by atoms with van der Waals surface area (Å²) in [6, 6.07) is 15.6. The molecule has 1 aliphatic rings. The molecule has 36 heavy (non-hydrogen) atoms. The monoisotopic (exact) mass is 536 g/mol. The van der Waals surface area contributed by atoms with E-state index < -0.39 is 21.8 Å². The summed E-state index contributed by atoms with van der Waals surface area (Å²) in [6.45, 7) is 2.40. The Kier molecular flexibility index (Phi) is 7.51. The Morgan fingerprint density at radius 2 is 1.75 bits per heavy atom. The van der Waals surface area contributed by atoms with E-state index in [0.717, 1.165) is 44.8 Å². The summed E-state index contributed by atoms with van der Waals surface area (Å²) < 4.78 is 71.6. The zero-order valence-corrected chi connectivity index (χ0v) is 20.8. The van der Waals surface area contributed by atoms with Crippen LogP contribution in [0, 0.1) is 0 Å². The average Bonchev–Trinajstić information content (AvgIpc) is 2.87. The number of amides is 1. The van der Waals surface area contributed by atoms with Crippen LogP contribution in [0.4, 0.5) is 18.9 Å². The molecule has 0 aliphatic carbocycles. The Balaban J connectivity index is 1.49. The van der Waals surface area contributed by atoms with Gasteiger partial charge < -0.3 is 10.1 Å². The second kappa shape index (κ2) is 10.4. The zero-order chi connectivity index (χ0) is 25.9. The molecule has 0 spiro atoms. The van der Waals surface area contributed by atoms with Crippen LogP contribution < -0.4 is 14.4 Å². The summed E-state index contributed by atoms with van der Waals surface area (Å²) in [5, 5.41) is 2.83. The summed E-state index contributed by atoms with van der Waals surface area (Å²) in [6.07, 6.45) is -4.57. The van der Waals surface area contributed by atoms with E-state index in [1.807, 2.05) is 24.3 Å². The van der Waals surface area contributed by atoms with E-state index in [0.29, 0.717) is 12.1 Å². The average molecular weight is 537 g/mol. The van der Waals surface area contributed by atoms with Gasteiger partial charge in [0.05, 0.1) is 22.7 Å². The summed E-state index contributed by atoms with van der Waals surface area (Å²) in [7, 11) is -4.14. The topological polar surface area (TPSA) is 75.7 Å². The lowest BCUT2D eigenvalue weighted by atomic mass is 10.1. The highest BCUT2D eigenvalue weighted by atomic mass is 32.2. The molecular formula is C25H23F3N2O4S2. The van der Waals surface area contributed by atoms with Crippen LogP contribution in [0.25, 0.3) is 0 Å². The third-order valence-electron chi connectivity index (χ3n) is 5.50. The lowest BCUT2D eigenvalue weighted by Gasteiger charge is -2.30. The van der Waals surface area contributed by atoms with Crippen LogP contribution in [0.15, 0.2) is 76.5 Å². The molecule has 0 unspecified atom stereocenters. The van der Waals surface area contributed by atoms with Crippen LogP contribution in [0.2, 0.25) is 0 Å². The molecule has 3 aromatic carbocycles. The minimum atomic E-state index is -4.57. The minimum Gasteiger partial charge on any atom is -0.489 e. The number of hydrogen-bond acceptors (Lipinski definition) is 5. The van der Waals surface area contributed by atoms with Gasteiger partial charge >= 0.3 is 6.18 Å². The molecule has 0 fully saturated rings. The van der Waals surface area contributed by atoms with E-state index in [4.69, 9.17) is 4.74 Å². The standard InChI is InChI=1S/C25H23F3N2O4S2/c1-2-35-20-8-3-17(4-9-20)16-29-24(31)18-5-12-22-23(15-18)34-14-13-30(22)36(32,33)21-10-6-19(7-11-21)25(26,27)28/h3-12,15H,2,13-14,16H2,1H3,(H,29,31). The van der Waals surface area contributed by atoms with Crippen molar-refractivity contribution >= 4 is 33.4 Å². The van der Waals surface area contributed by atoms with Crippen LogP contribution in [0.3, 0.4) is 0 Å². The SMILES string of the molecule is CCSc1ccc(CNC(=O)c2ccc3c(c2)OCCN3S(=O)(=O)c2ccc(C(F)(F)F)cc2)cc1. The molecule has 6 nitrogen and oxygen atoms in total. The second-order valence-corrected chi connectivity index (χ2v) is 11.1. The first-order valence-electron chi connectivity index (χ1n) is 11.1. The van der Waals surface area contributed by atoms with E-state index in [2.05, 4.69) is 12.2 Å². The lowest BCUT2D eigenvalue weighted by Crippen LogP contribution is -2.38. The molecule has 1 heterocycles. The number of sulfonamides is 1. The molecule has 1 aliphatic heterocycles. The first-order chi connectivity index (χ1) is 17.1. The van der Waals surface area contributed by atoms with Crippen molar-refractivity contribution in [3.63, 3.8) is 0 Å². The number of rotatable bonds is 7. The van der Waals surface area contributed by atoms with Gasteiger partial charge in [0, 0.05) is 17.0 Å². The second-order valence-electron chi connectivity index (χ2n) is 7.89. The number of hydrogen-bond donors (Lipinski definition) is 1. The molecule has 0 bridgehead atoms. The maximum absolute atomic E-state index is 13.2. The van der Waals surface area contributed by atoms with Crippen molar-refractivity contribution in [1.82, 2.24) is 5.32 Å². The van der Waals surface area contributed by atoms with Crippen LogP contribution in [-0.4, -0.2) is 33.2 Å². The van der Waals surface area contributed by atoms with Gasteiger partial charge in [0.1, 0.15) is 12.4 Å². The normalized spacial score (nSPS) is 13.6. The van der Waals surface area contributed by atoms with Crippen LogP contribution >= 0.6 is 11.8 Å². The van der Waals surface area contributed by atoms with E-state index in [1.54, 1.807) is 11.8 Å². The van der Waals surface area contributed by atoms with Gasteiger partial charge in [-0.05, 0) is 65.9 Å². The van der Waals surface area contributed by atoms with Crippen LogP contribution in [0.1, 0.15) is 28.4 Å². The molecule has 1 amide bonds. The van der Waals surface area contributed by atoms with Crippen molar-refractivity contribution in [2.45, 2.75) is 29.4 Å². The van der Waals surface area contributed by atoms with E-state index >= 15 is 0 Å². The number of alkyl halides is 3. The fraction of sp³-hybridized carbons (Fsp3) is 0.240. The summed E-state index contributed by atoms with van der Waals surface area (Å²) in [5.74, 6) is 0.820. The van der Waals surface area contributed by atoms with Gasteiger partial charge in [-0.3, -0.25) is 9.10 Å². The summed E-state index contributed by atoms with van der Waals surface area (Å²) >= 11 is 1.73. The number of ether oxygens (including phenoxy) is 1. The predicted molar refractivity (Wildman–Crippen MR) is 132 cm³/mol. The molecule has 11 heteroatoms. The molecule has 4 rings (SSSR count). The highest BCUT2D eigenvalue weighted by molar-refractivity contribution is 7.99. The Bertz CT molecular complexity index is 1340. The van der Waals surface area contributed by atoms with Crippen molar-refractivity contribution in [2.75, 3.05) is 23.2 Å². The molecule has 1 N–H and O–H groups in total. The largest absolute Gasteiger partial charge is 0.489 e. The third kappa shape index (κ3) is 5.62. The van der Waals surface area contributed by atoms with Gasteiger partial charge in [-0.15, -0.1) is 11.8 Å². The molecule has 0 atom stereocenters. The van der Waals surface area contributed by atoms with E-state index in [9.17, 15) is 26.4 Å². The van der Waals surface area contributed by atoms with Gasteiger partial charge in [0.25, 0.3) is 15.9 Å². The minimum absolute atomic E-state index is 0.0196. The number of nitrogens with zero attached hydrogens (tertiary/aromatic N) is 1. The Morgan fingerprint density at radius 1 is 1.06 bits per heavy atom. The van der Waals surface area contributed by atoms with Gasteiger partial charge in [-0.2, -0.15) is 13.2 Å². The summed E-state index contributed by atoms with van der Waals surface area (Å²) in [5.41, 5.74) is 0.504. The van der Waals surface area contributed by atoms with Crippen molar-refractivity contribution in [3.05, 3.63) is 83.4 Å². The number of anilines is 1. The molecule has 0 aromatic heterocycles. The highest BCUT2D eigenvalue weighted by Gasteiger charge is 2.33. The Hall–Kier alpha value is -3.18. The van der Waals surface area contributed by atoms with Crippen molar-refractivity contribution < 1.29 is 31.1 Å². The predicted octanol–water partition coefficient (Wildman–Crippen LogP) is 5.34. The first kappa shape index (κ1) is 25.9. The first-order valence-corrected chi connectivity index (χ1v) is 13.5. The van der Waals surface area contributed by atoms with Gasteiger partial charge in [-0.25, -0.2) is 8.42 Å². The van der Waals surface area contributed by atoms with Gasteiger partial charge in [-0.1, -0.05) is 19.1 Å². The van der Waals surface area contributed by atoms with E-state index in [-0.39, 0.29) is 35.4 Å². The molecule has 3 aromatic rings. The van der Waals surface area contributed by atoms with Crippen molar-refractivity contribution in [2.24, 2.45) is 0 Å². The zero-order valence-electron chi connectivity index (χ0n) is 19.2. The Labute approximate surface area is 211 Å². The molecule has 0 saturated carbocycles. The van der Waals surface area contributed by atoms with E-state index in [1.165, 1.54) is 18.2 Å². The molecular weight excluding hydrogens is 513 g/mol. The van der Waals surface area contributed by atoms with Gasteiger partial charge in [0.2, 0.25) is 0 Å². The third-order valence-corrected chi connectivity index (χ3v) is 8.22. The number of carbonyl (C=O) groups excluding carboxylic acids is 1. The lowest BCUT2D eigenvalue weighted by molar-refractivity contribution is -0.137. The number of halogens is 3. The number of thioether (sulfide) groups is 1. The number of fused-ring (bicyclic) bond motifs is 1. The summed E-state index contributed by atoms with van der Waals surface area (Å²) in [4.78, 5) is 13.6. The number of benzene rings is 3. The quantitative estimate of drug-likeness (QED) is 0.413. The fourth-order valence-electron chi connectivity index (χ4n) is 3.68. The van der Waals surface area contributed by atoms with Crippen molar-refractivity contribution in [3.8, 4) is 5.75 Å². The highest BCUT2D eigenvalue weighted by Crippen LogP contribution is 2.37. The van der Waals surface area contributed by atoms with Gasteiger partial charge in [0.15, 0.2) is 0 Å². The smallest absolute Gasteiger partial charge is 0.416 e. The number of nitrogens with one attached hydrogen (secondary N) is 1. The Morgan fingerprint density at radius 3 is 2.39 bits per heavy atom. The van der Waals surface area contributed by atoms with Crippen LogP contribution in [-0.2, 0) is 22.7 Å². The van der Waals surface area contributed by atoms with Crippen molar-refractivity contribution in [1.29, 1.82) is 0 Å². The molecule has 190 valence electrons. The maximum Gasteiger partial charge on any atom is 0.416 e. The molecule has 0 radical (unpaired) electrons.